The Labute approximate surface area is 141 Å². The Morgan fingerprint density at radius 1 is 1.12 bits per heavy atom. The van der Waals surface area contributed by atoms with Gasteiger partial charge in [-0.15, -0.1) is 0 Å². The lowest BCUT2D eigenvalue weighted by molar-refractivity contribution is 0.476. The molecule has 118 valence electrons. The van der Waals surface area contributed by atoms with Crippen molar-refractivity contribution in [3.63, 3.8) is 0 Å². The van der Waals surface area contributed by atoms with Gasteiger partial charge in [0, 0.05) is 11.6 Å². The first-order valence-corrected chi connectivity index (χ1v) is 8.06. The maximum Gasteiger partial charge on any atom is 0.196 e. The summed E-state index contributed by atoms with van der Waals surface area (Å²) in [7, 11) is 0. The smallest absolute Gasteiger partial charge is 0.196 e. The largest absolute Gasteiger partial charge is 0.508 e. The number of imidazole rings is 1. The molecule has 2 aromatic heterocycles. The molecule has 0 unspecified atom stereocenters. The summed E-state index contributed by atoms with van der Waals surface area (Å²) >= 11 is 1.34. The maximum atomic E-state index is 9.94. The Bertz CT molecular complexity index is 1050. The molecule has 2 heterocycles. The van der Waals surface area contributed by atoms with Crippen molar-refractivity contribution in [3.05, 3.63) is 66.3 Å². The average molecular weight is 335 g/mol. The van der Waals surface area contributed by atoms with E-state index in [4.69, 9.17) is 0 Å². The zero-order valence-electron chi connectivity index (χ0n) is 12.5. The van der Waals surface area contributed by atoms with Crippen molar-refractivity contribution >= 4 is 28.1 Å². The monoisotopic (exact) mass is 335 g/mol. The fourth-order valence-electron chi connectivity index (χ4n) is 2.55. The fourth-order valence-corrected chi connectivity index (χ4v) is 3.49. The number of rotatable bonds is 3. The van der Waals surface area contributed by atoms with Crippen LogP contribution < -0.4 is 0 Å². The van der Waals surface area contributed by atoms with Gasteiger partial charge in [-0.1, -0.05) is 48.2 Å². The summed E-state index contributed by atoms with van der Waals surface area (Å²) in [5, 5.41) is 20.2. The third-order valence-corrected chi connectivity index (χ3v) is 4.77. The molecule has 2 aromatic carbocycles. The highest BCUT2D eigenvalue weighted by Crippen LogP contribution is 2.35. The molecule has 0 aliphatic carbocycles. The van der Waals surface area contributed by atoms with Crippen molar-refractivity contribution in [2.24, 2.45) is 0 Å². The molecule has 0 fully saturated rings. The summed E-state index contributed by atoms with van der Waals surface area (Å²) in [6, 6.07) is 14.7. The van der Waals surface area contributed by atoms with E-state index in [1.54, 1.807) is 24.5 Å². The van der Waals surface area contributed by atoms with Gasteiger partial charge in [0.05, 0.1) is 21.6 Å². The minimum atomic E-state index is -0.0142. The fraction of sp³-hybridized carbons (Fsp3) is 0. The van der Waals surface area contributed by atoms with Gasteiger partial charge in [-0.3, -0.25) is 4.57 Å². The minimum Gasteiger partial charge on any atom is -0.508 e. The van der Waals surface area contributed by atoms with E-state index < -0.39 is 0 Å². The molecule has 6 heteroatoms. The van der Waals surface area contributed by atoms with Crippen molar-refractivity contribution < 1.29 is 10.2 Å². The normalized spacial score (nSPS) is 11.0. The number of aromatic hydroxyl groups is 1. The first-order valence-electron chi connectivity index (χ1n) is 7.24. The number of benzene rings is 2. The third kappa shape index (κ3) is 2.33. The molecule has 0 saturated heterocycles. The van der Waals surface area contributed by atoms with E-state index in [1.165, 1.54) is 11.3 Å². The van der Waals surface area contributed by atoms with Crippen molar-refractivity contribution in [1.82, 2.24) is 14.5 Å². The van der Waals surface area contributed by atoms with Gasteiger partial charge in [0.25, 0.3) is 0 Å². The molecule has 0 amide bonds. The molecule has 0 radical (unpaired) electrons. The van der Waals surface area contributed by atoms with E-state index in [2.05, 4.69) is 16.5 Å². The molecule has 0 bridgehead atoms. The maximum absolute atomic E-state index is 9.94. The van der Waals surface area contributed by atoms with Crippen LogP contribution in [0.5, 0.6) is 5.75 Å². The highest BCUT2D eigenvalue weighted by atomic mass is 32.1. The Morgan fingerprint density at radius 2 is 1.92 bits per heavy atom. The number of aliphatic hydroxyl groups excluding tert-OH is 1. The summed E-state index contributed by atoms with van der Waals surface area (Å²) in [5.41, 5.74) is 3.10. The second kappa shape index (κ2) is 5.50. The summed E-state index contributed by atoms with van der Waals surface area (Å²) in [6.45, 7) is 3.65. The van der Waals surface area contributed by atoms with E-state index in [0.717, 1.165) is 11.1 Å². The van der Waals surface area contributed by atoms with Gasteiger partial charge in [-0.25, -0.2) is 9.97 Å². The summed E-state index contributed by atoms with van der Waals surface area (Å²) < 4.78 is 1.83. The van der Waals surface area contributed by atoms with Crippen molar-refractivity contribution in [2.75, 3.05) is 0 Å². The highest BCUT2D eigenvalue weighted by molar-refractivity contribution is 7.15. The van der Waals surface area contributed by atoms with E-state index in [9.17, 15) is 10.2 Å². The number of aliphatic hydroxyl groups is 1. The Morgan fingerprint density at radius 3 is 2.67 bits per heavy atom. The lowest BCUT2D eigenvalue weighted by Gasteiger charge is -2.00. The molecular formula is C18H13N3O2S. The molecule has 0 atom stereocenters. The quantitative estimate of drug-likeness (QED) is 0.545. The summed E-state index contributed by atoms with van der Waals surface area (Å²) in [4.78, 5) is 9.59. The van der Waals surface area contributed by atoms with Crippen molar-refractivity contribution in [3.8, 4) is 22.1 Å². The van der Waals surface area contributed by atoms with Crippen LogP contribution in [0.15, 0.2) is 61.4 Å². The van der Waals surface area contributed by atoms with Crippen LogP contribution in [-0.4, -0.2) is 24.7 Å². The number of phenolic OH excluding ortho intramolecular Hbond substituents is 1. The number of thiazole rings is 1. The second-order valence-electron chi connectivity index (χ2n) is 5.27. The van der Waals surface area contributed by atoms with Gasteiger partial charge in [0.15, 0.2) is 5.13 Å². The Hall–Kier alpha value is -3.12. The standard InChI is InChI=1S/C18H13N3O2S/c1-11(22)17-16(12-5-3-2-4-6-12)20-18(24-17)21-10-19-14-9-13(23)7-8-15(14)21/h2-10,22-23H,1H2. The number of hydrogen-bond donors (Lipinski definition) is 2. The van der Waals surface area contributed by atoms with E-state index in [-0.39, 0.29) is 11.5 Å². The average Bonchev–Trinajstić information content (AvgIpc) is 3.19. The SMILES string of the molecule is C=C(O)c1sc(-n2cnc3cc(O)ccc32)nc1-c1ccccc1. The molecule has 4 aromatic rings. The number of fused-ring (bicyclic) bond motifs is 1. The topological polar surface area (TPSA) is 71.2 Å². The van der Waals surface area contributed by atoms with Gasteiger partial charge in [-0.2, -0.15) is 0 Å². The van der Waals surface area contributed by atoms with Gasteiger partial charge in [-0.05, 0) is 12.1 Å². The lowest BCUT2D eigenvalue weighted by Crippen LogP contribution is -1.91. The van der Waals surface area contributed by atoms with Gasteiger partial charge < -0.3 is 10.2 Å². The predicted molar refractivity (Wildman–Crippen MR) is 95.5 cm³/mol. The summed E-state index contributed by atoms with van der Waals surface area (Å²) in [5.74, 6) is 0.154. The van der Waals surface area contributed by atoms with Crippen molar-refractivity contribution in [2.45, 2.75) is 0 Å². The van der Waals surface area contributed by atoms with Crippen LogP contribution in [0.3, 0.4) is 0 Å². The number of aromatic nitrogens is 3. The molecule has 0 aliphatic heterocycles. The third-order valence-electron chi connectivity index (χ3n) is 3.66. The highest BCUT2D eigenvalue weighted by Gasteiger charge is 2.17. The van der Waals surface area contributed by atoms with Crippen LogP contribution in [0, 0.1) is 0 Å². The van der Waals surface area contributed by atoms with Crippen LogP contribution in [0.2, 0.25) is 0 Å². The van der Waals surface area contributed by atoms with E-state index in [0.29, 0.717) is 21.2 Å². The van der Waals surface area contributed by atoms with Crippen LogP contribution in [0.4, 0.5) is 0 Å². The molecule has 4 rings (SSSR count). The first kappa shape index (κ1) is 14.5. The van der Waals surface area contributed by atoms with Gasteiger partial charge >= 0.3 is 0 Å². The molecule has 2 N–H and O–H groups in total. The van der Waals surface area contributed by atoms with Crippen LogP contribution in [0.25, 0.3) is 33.2 Å². The zero-order valence-corrected chi connectivity index (χ0v) is 13.4. The molecule has 0 saturated carbocycles. The van der Waals surface area contributed by atoms with Crippen molar-refractivity contribution in [1.29, 1.82) is 0 Å². The molecular weight excluding hydrogens is 322 g/mol. The summed E-state index contributed by atoms with van der Waals surface area (Å²) in [6.07, 6.45) is 1.65. The second-order valence-corrected chi connectivity index (χ2v) is 6.25. The number of hydrogen-bond acceptors (Lipinski definition) is 5. The number of phenols is 1. The molecule has 0 spiro atoms. The van der Waals surface area contributed by atoms with Gasteiger partial charge in [0.1, 0.15) is 17.8 Å². The lowest BCUT2D eigenvalue weighted by atomic mass is 10.1. The first-order chi connectivity index (χ1) is 11.6. The zero-order chi connectivity index (χ0) is 16.7. The minimum absolute atomic E-state index is 0.0142. The van der Waals surface area contributed by atoms with Crippen LogP contribution in [-0.2, 0) is 0 Å². The predicted octanol–water partition coefficient (Wildman–Crippen LogP) is 4.38. The van der Waals surface area contributed by atoms with Crippen LogP contribution >= 0.6 is 11.3 Å². The number of nitrogens with zero attached hydrogens (tertiary/aromatic N) is 3. The molecule has 5 nitrogen and oxygen atoms in total. The Balaban J connectivity index is 1.91. The molecule has 24 heavy (non-hydrogen) atoms. The van der Waals surface area contributed by atoms with E-state index in [1.807, 2.05) is 34.9 Å². The molecule has 0 aliphatic rings. The van der Waals surface area contributed by atoms with E-state index >= 15 is 0 Å². The Kier molecular flexibility index (Phi) is 3.32. The van der Waals surface area contributed by atoms with Crippen LogP contribution in [0.1, 0.15) is 4.88 Å². The van der Waals surface area contributed by atoms with Gasteiger partial charge in [0.2, 0.25) is 0 Å².